The maximum Gasteiger partial charge on any atom is 0.339 e. The maximum absolute atomic E-state index is 12.7. The minimum atomic E-state index is -0.955. The van der Waals surface area contributed by atoms with Gasteiger partial charge in [-0.1, -0.05) is 25.2 Å². The standard InChI is InChI=1S/C21H25N3O3S/c1-20(2)9-14(25)21(3,4)16-17(20)28-19(23-16)24(11-12-5-6-12)15-8-7-13(10-22-15)18(26)27/h7-8,10,12H,5-6,9,11H2,1-4H3,(H,26,27)/p+1. The predicted molar refractivity (Wildman–Crippen MR) is 107 cm³/mol. The van der Waals surface area contributed by atoms with Gasteiger partial charge in [-0.3, -0.25) is 4.79 Å². The summed E-state index contributed by atoms with van der Waals surface area (Å²) in [6.45, 7) is 8.99. The molecule has 1 fully saturated rings. The number of carbonyl (C=O) groups excluding carboxylic acids is 1. The first-order valence-corrected chi connectivity index (χ1v) is 10.5. The van der Waals surface area contributed by atoms with Crippen molar-refractivity contribution in [2.45, 2.75) is 57.8 Å². The normalized spacial score (nSPS) is 19.9. The smallest absolute Gasteiger partial charge is 0.339 e. The highest BCUT2D eigenvalue weighted by atomic mass is 32.1. The van der Waals surface area contributed by atoms with Crippen molar-refractivity contribution in [2.75, 3.05) is 11.4 Å². The quantitative estimate of drug-likeness (QED) is 0.827. The Bertz CT molecular complexity index is 942. The molecule has 2 heterocycles. The van der Waals surface area contributed by atoms with Crippen molar-refractivity contribution in [3.05, 3.63) is 34.5 Å². The molecule has 0 radical (unpaired) electrons. The Kier molecular flexibility index (Phi) is 4.34. The summed E-state index contributed by atoms with van der Waals surface area (Å²) in [5.74, 6) is 0.720. The van der Waals surface area contributed by atoms with E-state index < -0.39 is 11.4 Å². The third-order valence-corrected chi connectivity index (χ3v) is 7.27. The SMILES string of the molecule is CC1(C)CC(=O)C(C)(C)c2nc(N(CC3CC3)c3ccc(C(=O)O)c[nH+]3)sc21. The second-order valence-corrected chi connectivity index (χ2v) is 10.1. The fourth-order valence-corrected chi connectivity index (χ4v) is 5.05. The highest BCUT2D eigenvalue weighted by Crippen LogP contribution is 2.49. The number of aromatic nitrogens is 2. The van der Waals surface area contributed by atoms with Crippen LogP contribution in [0.25, 0.3) is 0 Å². The number of nitrogens with zero attached hydrogens (tertiary/aromatic N) is 2. The largest absolute Gasteiger partial charge is 0.478 e. The molecule has 0 unspecified atom stereocenters. The van der Waals surface area contributed by atoms with Crippen molar-refractivity contribution in [3.8, 4) is 0 Å². The lowest BCUT2D eigenvalue weighted by atomic mass is 9.68. The average molecular weight is 401 g/mol. The summed E-state index contributed by atoms with van der Waals surface area (Å²) in [6, 6.07) is 3.41. The summed E-state index contributed by atoms with van der Waals surface area (Å²) in [6.07, 6.45) is 4.44. The lowest BCUT2D eigenvalue weighted by molar-refractivity contribution is -0.363. The summed E-state index contributed by atoms with van der Waals surface area (Å²) in [7, 11) is 0. The second-order valence-electron chi connectivity index (χ2n) is 9.10. The van der Waals surface area contributed by atoms with Gasteiger partial charge in [0, 0.05) is 22.8 Å². The third kappa shape index (κ3) is 3.21. The van der Waals surface area contributed by atoms with Crippen LogP contribution < -0.4 is 9.88 Å². The predicted octanol–water partition coefficient (Wildman–Crippen LogP) is 3.73. The molecule has 2 aromatic heterocycles. The fourth-order valence-electron chi connectivity index (χ4n) is 3.70. The van der Waals surface area contributed by atoms with Crippen molar-refractivity contribution in [1.29, 1.82) is 0 Å². The summed E-state index contributed by atoms with van der Waals surface area (Å²) in [4.78, 5) is 35.3. The van der Waals surface area contributed by atoms with E-state index in [1.165, 1.54) is 23.9 Å². The van der Waals surface area contributed by atoms with Crippen molar-refractivity contribution in [2.24, 2.45) is 5.92 Å². The number of carboxylic acid groups (broad SMARTS) is 1. The lowest BCUT2D eigenvalue weighted by Gasteiger charge is -2.36. The molecule has 1 saturated carbocycles. The van der Waals surface area contributed by atoms with Crippen LogP contribution in [0.1, 0.15) is 67.9 Å². The topological polar surface area (TPSA) is 84.6 Å². The minimum absolute atomic E-state index is 0.222. The van der Waals surface area contributed by atoms with Crippen LogP contribution >= 0.6 is 11.3 Å². The van der Waals surface area contributed by atoms with Gasteiger partial charge in [-0.25, -0.2) is 19.7 Å². The number of hydrogen-bond donors (Lipinski definition) is 1. The van der Waals surface area contributed by atoms with Crippen molar-refractivity contribution in [1.82, 2.24) is 4.98 Å². The zero-order valence-corrected chi connectivity index (χ0v) is 17.5. The molecule has 0 saturated heterocycles. The van der Waals surface area contributed by atoms with E-state index in [-0.39, 0.29) is 16.8 Å². The number of pyridine rings is 1. The highest BCUT2D eigenvalue weighted by Gasteiger charge is 2.47. The molecule has 2 aromatic rings. The Morgan fingerprint density at radius 1 is 1.32 bits per heavy atom. The van der Waals surface area contributed by atoms with E-state index >= 15 is 0 Å². The summed E-state index contributed by atoms with van der Waals surface area (Å²) < 4.78 is 0. The third-order valence-electron chi connectivity index (χ3n) is 5.82. The number of carbonyl (C=O) groups is 2. The number of anilines is 2. The number of Topliss-reactive ketones (excluding diaryl/α,β-unsaturated/α-hetero) is 1. The Morgan fingerprint density at radius 2 is 2.04 bits per heavy atom. The summed E-state index contributed by atoms with van der Waals surface area (Å²) in [5, 5.41) is 10.0. The fraction of sp³-hybridized carbons (Fsp3) is 0.524. The monoisotopic (exact) mass is 400 g/mol. The average Bonchev–Trinajstić information content (AvgIpc) is 3.32. The first-order chi connectivity index (χ1) is 13.1. The van der Waals surface area contributed by atoms with E-state index in [2.05, 4.69) is 23.7 Å². The van der Waals surface area contributed by atoms with Crippen LogP contribution in [0.3, 0.4) is 0 Å². The van der Waals surface area contributed by atoms with Crippen LogP contribution in [0, 0.1) is 5.92 Å². The Balaban J connectivity index is 1.78. The number of H-pyrrole nitrogens is 1. The molecule has 2 N–H and O–H groups in total. The summed E-state index contributed by atoms with van der Waals surface area (Å²) >= 11 is 1.66. The van der Waals surface area contributed by atoms with Crippen molar-refractivity contribution >= 4 is 34.0 Å². The molecule has 0 aliphatic heterocycles. The van der Waals surface area contributed by atoms with Gasteiger partial charge in [-0.2, -0.15) is 0 Å². The first-order valence-electron chi connectivity index (χ1n) is 9.67. The van der Waals surface area contributed by atoms with E-state index in [0.29, 0.717) is 12.3 Å². The van der Waals surface area contributed by atoms with Crippen LogP contribution in [0.4, 0.5) is 10.9 Å². The van der Waals surface area contributed by atoms with Gasteiger partial charge in [-0.15, -0.1) is 0 Å². The first kappa shape index (κ1) is 19.1. The van der Waals surface area contributed by atoms with Gasteiger partial charge in [0.1, 0.15) is 12.0 Å². The molecule has 0 aromatic carbocycles. The number of aromatic amines is 1. The molecular formula is C21H26N3O3S+. The molecule has 148 valence electrons. The van der Waals surface area contributed by atoms with E-state index in [1.807, 2.05) is 13.8 Å². The van der Waals surface area contributed by atoms with Crippen molar-refractivity contribution in [3.63, 3.8) is 0 Å². The van der Waals surface area contributed by atoms with Gasteiger partial charge < -0.3 is 5.11 Å². The van der Waals surface area contributed by atoms with Gasteiger partial charge in [-0.05, 0) is 38.7 Å². The molecule has 2 aliphatic rings. The molecule has 28 heavy (non-hydrogen) atoms. The number of thiazole rings is 1. The Morgan fingerprint density at radius 3 is 2.61 bits per heavy atom. The zero-order valence-electron chi connectivity index (χ0n) is 16.7. The summed E-state index contributed by atoms with van der Waals surface area (Å²) in [5.41, 5.74) is 0.306. The molecule has 6 nitrogen and oxygen atoms in total. The molecule has 0 atom stereocenters. The van der Waals surface area contributed by atoms with Gasteiger partial charge in [0.05, 0.1) is 23.2 Å². The lowest BCUT2D eigenvalue weighted by Crippen LogP contribution is -2.41. The number of aromatic carboxylic acids is 1. The van der Waals surface area contributed by atoms with Gasteiger partial charge in [0.2, 0.25) is 0 Å². The maximum atomic E-state index is 12.7. The molecule has 4 rings (SSSR count). The van der Waals surface area contributed by atoms with Crippen molar-refractivity contribution < 1.29 is 19.7 Å². The Labute approximate surface area is 168 Å². The van der Waals surface area contributed by atoms with Gasteiger partial charge in [0.15, 0.2) is 0 Å². The highest BCUT2D eigenvalue weighted by molar-refractivity contribution is 7.16. The molecule has 2 aliphatic carbocycles. The van der Waals surface area contributed by atoms with E-state index in [1.54, 1.807) is 23.5 Å². The molecule has 7 heteroatoms. The molecule has 0 spiro atoms. The van der Waals surface area contributed by atoms with Crippen LogP contribution in [0.5, 0.6) is 0 Å². The molecular weight excluding hydrogens is 374 g/mol. The van der Waals surface area contributed by atoms with Crippen LogP contribution in [-0.2, 0) is 15.6 Å². The van der Waals surface area contributed by atoms with Crippen LogP contribution in [0.2, 0.25) is 0 Å². The number of nitrogens with one attached hydrogen (secondary N) is 1. The Hall–Kier alpha value is -2.28. The minimum Gasteiger partial charge on any atom is -0.478 e. The van der Waals surface area contributed by atoms with Crippen LogP contribution in [-0.4, -0.2) is 28.4 Å². The molecule has 0 amide bonds. The molecule has 0 bridgehead atoms. The zero-order chi connectivity index (χ0) is 20.3. The van der Waals surface area contributed by atoms with E-state index in [9.17, 15) is 9.59 Å². The van der Waals surface area contributed by atoms with Gasteiger partial charge in [0.25, 0.3) is 10.9 Å². The number of fused-ring (bicyclic) bond motifs is 1. The number of hydrogen-bond acceptors (Lipinski definition) is 5. The van der Waals surface area contributed by atoms with Crippen LogP contribution in [0.15, 0.2) is 18.3 Å². The van der Waals surface area contributed by atoms with E-state index in [0.717, 1.165) is 23.2 Å². The van der Waals surface area contributed by atoms with E-state index in [4.69, 9.17) is 10.1 Å². The number of carboxylic acids is 1. The van der Waals surface area contributed by atoms with Gasteiger partial charge >= 0.3 is 5.97 Å². The number of rotatable bonds is 5. The number of ketones is 1. The second kappa shape index (κ2) is 6.37.